The van der Waals surface area contributed by atoms with E-state index < -0.39 is 11.8 Å². The summed E-state index contributed by atoms with van der Waals surface area (Å²) in [6.07, 6.45) is 1.17. The Bertz CT molecular complexity index is 562. The Morgan fingerprint density at radius 2 is 2.10 bits per heavy atom. The third-order valence-electron chi connectivity index (χ3n) is 3.54. The van der Waals surface area contributed by atoms with E-state index in [1.54, 1.807) is 0 Å². The Morgan fingerprint density at radius 3 is 2.70 bits per heavy atom. The second-order valence-corrected chi connectivity index (χ2v) is 4.91. The number of nitrogens with zero attached hydrogens (tertiary/aromatic N) is 2. The molecule has 0 spiro atoms. The van der Waals surface area contributed by atoms with Crippen LogP contribution in [0.4, 0.5) is 10.1 Å². The summed E-state index contributed by atoms with van der Waals surface area (Å²) < 4.78 is 12.9. The van der Waals surface area contributed by atoms with E-state index in [1.165, 1.54) is 36.1 Å². The van der Waals surface area contributed by atoms with E-state index >= 15 is 0 Å². The number of piperidine rings is 1. The topological polar surface area (TPSA) is 61.2 Å². The molecule has 2 atom stereocenters. The van der Waals surface area contributed by atoms with Crippen LogP contribution < -0.4 is 4.90 Å². The van der Waals surface area contributed by atoms with Crippen molar-refractivity contribution in [3.8, 4) is 6.07 Å². The van der Waals surface area contributed by atoms with Crippen LogP contribution >= 0.6 is 0 Å². The first kappa shape index (κ1) is 14.2. The van der Waals surface area contributed by atoms with Crippen molar-refractivity contribution in [2.45, 2.75) is 19.8 Å². The van der Waals surface area contributed by atoms with Gasteiger partial charge in [0.05, 0.1) is 12.0 Å². The van der Waals surface area contributed by atoms with Crippen LogP contribution in [0, 0.1) is 29.0 Å². The Balaban J connectivity index is 2.21. The third kappa shape index (κ3) is 2.69. The standard InChI is InChI=1S/C15H15FN2O2/c1-10(9-17)14(19)13-3-2-8-18(15(13)20)12-6-4-11(16)5-7-12/h4-7,10,13H,2-3,8H2,1H3/t10-,13-/m0/s1. The average molecular weight is 274 g/mol. The number of ketones is 1. The second kappa shape index (κ2) is 5.83. The predicted molar refractivity (Wildman–Crippen MR) is 71.3 cm³/mol. The van der Waals surface area contributed by atoms with E-state index in [-0.39, 0.29) is 17.5 Å². The van der Waals surface area contributed by atoms with Gasteiger partial charge in [0, 0.05) is 12.2 Å². The fraction of sp³-hybridized carbons (Fsp3) is 0.400. The molecule has 0 unspecified atom stereocenters. The quantitative estimate of drug-likeness (QED) is 0.794. The SMILES string of the molecule is C[C@@H](C#N)C(=O)[C@@H]1CCCN(c2ccc(F)cc2)C1=O. The molecule has 104 valence electrons. The van der Waals surface area contributed by atoms with E-state index in [4.69, 9.17) is 5.26 Å². The minimum absolute atomic E-state index is 0.296. The lowest BCUT2D eigenvalue weighted by Crippen LogP contribution is -2.45. The molecular weight excluding hydrogens is 259 g/mol. The highest BCUT2D eigenvalue weighted by Gasteiger charge is 2.36. The highest BCUT2D eigenvalue weighted by molar-refractivity contribution is 6.10. The van der Waals surface area contributed by atoms with Crippen LogP contribution in [0.25, 0.3) is 0 Å². The van der Waals surface area contributed by atoms with Crippen molar-refractivity contribution in [2.24, 2.45) is 11.8 Å². The van der Waals surface area contributed by atoms with Crippen LogP contribution in [0.15, 0.2) is 24.3 Å². The summed E-state index contributed by atoms with van der Waals surface area (Å²) in [5.41, 5.74) is 0.582. The molecule has 20 heavy (non-hydrogen) atoms. The van der Waals surface area contributed by atoms with Crippen molar-refractivity contribution in [3.63, 3.8) is 0 Å². The first-order valence-electron chi connectivity index (χ1n) is 6.55. The molecule has 1 aliphatic heterocycles. The number of amides is 1. The van der Waals surface area contributed by atoms with Crippen molar-refractivity contribution in [2.75, 3.05) is 11.4 Å². The van der Waals surface area contributed by atoms with Gasteiger partial charge in [-0.05, 0) is 44.0 Å². The van der Waals surface area contributed by atoms with Crippen molar-refractivity contribution in [1.29, 1.82) is 5.26 Å². The molecular formula is C15H15FN2O2. The number of carbonyl (C=O) groups is 2. The van der Waals surface area contributed by atoms with E-state index in [1.807, 2.05) is 6.07 Å². The fourth-order valence-corrected chi connectivity index (χ4v) is 2.38. The Morgan fingerprint density at radius 1 is 1.45 bits per heavy atom. The van der Waals surface area contributed by atoms with Gasteiger partial charge in [-0.2, -0.15) is 5.26 Å². The first-order valence-corrected chi connectivity index (χ1v) is 6.55. The Labute approximate surface area is 116 Å². The zero-order valence-corrected chi connectivity index (χ0v) is 11.2. The predicted octanol–water partition coefficient (Wildman–Crippen LogP) is 2.30. The maximum atomic E-state index is 12.9. The molecule has 0 bridgehead atoms. The maximum absolute atomic E-state index is 12.9. The summed E-state index contributed by atoms with van der Waals surface area (Å²) in [5.74, 6) is -2.54. The van der Waals surface area contributed by atoms with E-state index in [9.17, 15) is 14.0 Å². The molecule has 5 heteroatoms. The van der Waals surface area contributed by atoms with Gasteiger partial charge in [0.2, 0.25) is 5.91 Å². The molecule has 1 fully saturated rings. The summed E-state index contributed by atoms with van der Waals surface area (Å²) in [4.78, 5) is 25.9. The summed E-state index contributed by atoms with van der Waals surface area (Å²) >= 11 is 0. The van der Waals surface area contributed by atoms with Gasteiger partial charge >= 0.3 is 0 Å². The minimum Gasteiger partial charge on any atom is -0.312 e. The van der Waals surface area contributed by atoms with Crippen LogP contribution in [0.3, 0.4) is 0 Å². The van der Waals surface area contributed by atoms with Gasteiger partial charge in [0.1, 0.15) is 11.7 Å². The van der Waals surface area contributed by atoms with Crippen LogP contribution in [0.2, 0.25) is 0 Å². The van der Waals surface area contributed by atoms with Gasteiger partial charge < -0.3 is 4.90 Å². The van der Waals surface area contributed by atoms with Crippen LogP contribution in [-0.4, -0.2) is 18.2 Å². The summed E-state index contributed by atoms with van der Waals surface area (Å²) in [6, 6.07) is 7.49. The molecule has 0 N–H and O–H groups in total. The van der Waals surface area contributed by atoms with Crippen molar-refractivity contribution in [3.05, 3.63) is 30.1 Å². The van der Waals surface area contributed by atoms with E-state index in [2.05, 4.69) is 0 Å². The number of rotatable bonds is 3. The van der Waals surface area contributed by atoms with Gasteiger partial charge in [-0.15, -0.1) is 0 Å². The number of hydrogen-bond acceptors (Lipinski definition) is 3. The average Bonchev–Trinajstić information content (AvgIpc) is 2.47. The highest BCUT2D eigenvalue weighted by Crippen LogP contribution is 2.26. The van der Waals surface area contributed by atoms with Gasteiger partial charge in [-0.3, -0.25) is 9.59 Å². The summed E-state index contributed by atoms with van der Waals surface area (Å²) in [5, 5.41) is 8.80. The van der Waals surface area contributed by atoms with Crippen LogP contribution in [0.1, 0.15) is 19.8 Å². The molecule has 0 saturated carbocycles. The molecule has 1 amide bonds. The smallest absolute Gasteiger partial charge is 0.237 e. The van der Waals surface area contributed by atoms with E-state index in [0.717, 1.165) is 0 Å². The van der Waals surface area contributed by atoms with Gasteiger partial charge in [-0.25, -0.2) is 4.39 Å². The van der Waals surface area contributed by atoms with Crippen LogP contribution in [0.5, 0.6) is 0 Å². The molecule has 1 aromatic carbocycles. The Hall–Kier alpha value is -2.22. The minimum atomic E-state index is -0.780. The second-order valence-electron chi connectivity index (χ2n) is 4.91. The third-order valence-corrected chi connectivity index (χ3v) is 3.54. The maximum Gasteiger partial charge on any atom is 0.237 e. The number of anilines is 1. The monoisotopic (exact) mass is 274 g/mol. The number of carbonyl (C=O) groups excluding carboxylic acids is 2. The molecule has 1 aromatic rings. The zero-order chi connectivity index (χ0) is 14.7. The molecule has 1 aliphatic rings. The lowest BCUT2D eigenvalue weighted by molar-refractivity contribution is -0.135. The van der Waals surface area contributed by atoms with E-state index in [0.29, 0.717) is 25.1 Å². The Kier molecular flexibility index (Phi) is 4.14. The van der Waals surface area contributed by atoms with Gasteiger partial charge in [0.25, 0.3) is 0 Å². The summed E-state index contributed by atoms with van der Waals surface area (Å²) in [6.45, 7) is 2.02. The molecule has 1 saturated heterocycles. The van der Waals surface area contributed by atoms with Crippen molar-refractivity contribution >= 4 is 17.4 Å². The number of halogens is 1. The van der Waals surface area contributed by atoms with Gasteiger partial charge in [-0.1, -0.05) is 0 Å². The van der Waals surface area contributed by atoms with Crippen LogP contribution in [-0.2, 0) is 9.59 Å². The lowest BCUT2D eigenvalue weighted by atomic mass is 9.87. The number of Topliss-reactive ketones (excluding diaryl/α,β-unsaturated/α-hetero) is 1. The largest absolute Gasteiger partial charge is 0.312 e. The normalized spacial score (nSPS) is 20.4. The highest BCUT2D eigenvalue weighted by atomic mass is 19.1. The molecule has 0 aromatic heterocycles. The number of nitriles is 1. The molecule has 1 heterocycles. The molecule has 2 rings (SSSR count). The van der Waals surface area contributed by atoms with Gasteiger partial charge in [0.15, 0.2) is 5.78 Å². The zero-order valence-electron chi connectivity index (χ0n) is 11.2. The van der Waals surface area contributed by atoms with Crippen molar-refractivity contribution in [1.82, 2.24) is 0 Å². The molecule has 0 radical (unpaired) electrons. The molecule has 0 aliphatic carbocycles. The number of hydrogen-bond donors (Lipinski definition) is 0. The number of benzene rings is 1. The van der Waals surface area contributed by atoms with Crippen molar-refractivity contribution < 1.29 is 14.0 Å². The summed E-state index contributed by atoms with van der Waals surface area (Å²) in [7, 11) is 0. The lowest BCUT2D eigenvalue weighted by Gasteiger charge is -2.32. The fourth-order valence-electron chi connectivity index (χ4n) is 2.38. The first-order chi connectivity index (χ1) is 9.54. The molecule has 4 nitrogen and oxygen atoms in total.